The Bertz CT molecular complexity index is 168. The number of nitrogens with zero attached hydrogens (tertiary/aromatic N) is 1. The summed E-state index contributed by atoms with van der Waals surface area (Å²) in [5, 5.41) is 1.53. The molecule has 0 saturated carbocycles. The van der Waals surface area contributed by atoms with Gasteiger partial charge in [0.05, 0.1) is 12.4 Å². The second kappa shape index (κ2) is 5.78. The van der Waals surface area contributed by atoms with E-state index < -0.39 is 0 Å². The lowest BCUT2D eigenvalue weighted by molar-refractivity contribution is -0.173. The second-order valence-corrected chi connectivity index (χ2v) is 5.11. The summed E-state index contributed by atoms with van der Waals surface area (Å²) in [6.45, 7) is 2.54. The summed E-state index contributed by atoms with van der Waals surface area (Å²) in [5.41, 5.74) is 0. The Kier molecular flexibility index (Phi) is 4.98. The molecule has 1 saturated heterocycles. The average Bonchev–Trinajstić information content (AvgIpc) is 2.21. The summed E-state index contributed by atoms with van der Waals surface area (Å²) in [6, 6.07) is 0. The average molecular weight is 221 g/mol. The molecule has 0 aromatic carbocycles. The molecule has 0 aliphatic carbocycles. The van der Waals surface area contributed by atoms with E-state index in [1.165, 1.54) is 5.06 Å². The molecule has 1 aliphatic rings. The third-order valence-corrected chi connectivity index (χ3v) is 4.59. The molecule has 0 aromatic heterocycles. The third-order valence-electron chi connectivity index (χ3n) is 1.84. The number of hydroxylamine groups is 2. The number of carbonyl (C=O) groups is 1. The van der Waals surface area contributed by atoms with E-state index >= 15 is 0 Å². The molecule has 1 amide bonds. The highest BCUT2D eigenvalue weighted by Crippen LogP contribution is 2.25. The van der Waals surface area contributed by atoms with E-state index in [0.29, 0.717) is 6.54 Å². The Balaban J connectivity index is 2.44. The first-order valence-electron chi connectivity index (χ1n) is 4.34. The Hall–Kier alpha value is 0.130. The van der Waals surface area contributed by atoms with Crippen molar-refractivity contribution in [2.75, 3.05) is 30.9 Å². The van der Waals surface area contributed by atoms with Gasteiger partial charge in [0.25, 0.3) is 5.91 Å². The monoisotopic (exact) mass is 221 g/mol. The van der Waals surface area contributed by atoms with Crippen LogP contribution in [-0.2, 0) is 9.63 Å². The van der Waals surface area contributed by atoms with E-state index in [4.69, 9.17) is 4.84 Å². The van der Waals surface area contributed by atoms with Crippen molar-refractivity contribution < 1.29 is 9.63 Å². The normalized spacial score (nSPS) is 22.8. The minimum absolute atomic E-state index is 0.0960. The molecule has 1 heterocycles. The van der Waals surface area contributed by atoms with Crippen molar-refractivity contribution in [1.29, 1.82) is 0 Å². The van der Waals surface area contributed by atoms with E-state index in [1.807, 2.05) is 18.7 Å². The number of thioether (sulfide) groups is 2. The van der Waals surface area contributed by atoms with E-state index in [0.717, 1.165) is 17.3 Å². The Labute approximate surface area is 87.5 Å². The molecular weight excluding hydrogens is 206 g/mol. The van der Waals surface area contributed by atoms with Crippen LogP contribution in [0.25, 0.3) is 0 Å². The van der Waals surface area contributed by atoms with Gasteiger partial charge in [0.15, 0.2) is 0 Å². The van der Waals surface area contributed by atoms with Crippen molar-refractivity contribution in [3.8, 4) is 0 Å². The molecule has 1 rings (SSSR count). The van der Waals surface area contributed by atoms with Crippen molar-refractivity contribution in [1.82, 2.24) is 5.06 Å². The SMILES string of the molecule is CCN(OC)C(=O)C1CSCCS1. The zero-order chi connectivity index (χ0) is 9.68. The van der Waals surface area contributed by atoms with Crippen LogP contribution in [-0.4, -0.2) is 47.1 Å². The maximum Gasteiger partial charge on any atom is 0.260 e. The van der Waals surface area contributed by atoms with Crippen LogP contribution in [0.4, 0.5) is 0 Å². The van der Waals surface area contributed by atoms with Crippen molar-refractivity contribution in [2.24, 2.45) is 0 Å². The molecule has 0 N–H and O–H groups in total. The summed E-state index contributed by atoms with van der Waals surface area (Å²) >= 11 is 3.58. The fourth-order valence-electron chi connectivity index (χ4n) is 1.17. The molecule has 3 nitrogen and oxygen atoms in total. The number of carbonyl (C=O) groups excluding carboxylic acids is 1. The van der Waals surface area contributed by atoms with Gasteiger partial charge in [-0.2, -0.15) is 11.8 Å². The van der Waals surface area contributed by atoms with E-state index in [1.54, 1.807) is 18.9 Å². The van der Waals surface area contributed by atoms with Crippen LogP contribution in [0.1, 0.15) is 6.92 Å². The van der Waals surface area contributed by atoms with Crippen LogP contribution in [0.5, 0.6) is 0 Å². The molecule has 0 bridgehead atoms. The Morgan fingerprint density at radius 3 is 2.85 bits per heavy atom. The van der Waals surface area contributed by atoms with Crippen LogP contribution in [0.3, 0.4) is 0 Å². The highest BCUT2D eigenvalue weighted by atomic mass is 32.2. The van der Waals surface area contributed by atoms with Crippen molar-refractivity contribution in [3.05, 3.63) is 0 Å². The molecule has 1 unspecified atom stereocenters. The van der Waals surface area contributed by atoms with Crippen LogP contribution < -0.4 is 0 Å². The lowest BCUT2D eigenvalue weighted by atomic mass is 10.4. The molecule has 0 radical (unpaired) electrons. The quantitative estimate of drug-likeness (QED) is 0.671. The highest BCUT2D eigenvalue weighted by Gasteiger charge is 2.26. The lowest BCUT2D eigenvalue weighted by Gasteiger charge is -2.25. The molecule has 13 heavy (non-hydrogen) atoms. The van der Waals surface area contributed by atoms with E-state index in [-0.39, 0.29) is 11.2 Å². The predicted molar refractivity (Wildman–Crippen MR) is 58.0 cm³/mol. The topological polar surface area (TPSA) is 29.5 Å². The number of rotatable bonds is 3. The van der Waals surface area contributed by atoms with E-state index in [2.05, 4.69) is 0 Å². The second-order valence-electron chi connectivity index (χ2n) is 2.65. The van der Waals surface area contributed by atoms with Gasteiger partial charge < -0.3 is 0 Å². The summed E-state index contributed by atoms with van der Waals surface area (Å²) in [4.78, 5) is 16.7. The van der Waals surface area contributed by atoms with Gasteiger partial charge in [-0.3, -0.25) is 9.63 Å². The maximum absolute atomic E-state index is 11.7. The van der Waals surface area contributed by atoms with Crippen LogP contribution in [0.2, 0.25) is 0 Å². The first-order valence-corrected chi connectivity index (χ1v) is 6.54. The van der Waals surface area contributed by atoms with Crippen LogP contribution >= 0.6 is 23.5 Å². The fraction of sp³-hybridized carbons (Fsp3) is 0.875. The van der Waals surface area contributed by atoms with E-state index in [9.17, 15) is 4.79 Å². The van der Waals surface area contributed by atoms with Crippen molar-refractivity contribution >= 4 is 29.4 Å². The fourth-order valence-corrected chi connectivity index (χ4v) is 3.76. The van der Waals surface area contributed by atoms with Gasteiger partial charge in [0, 0.05) is 23.8 Å². The van der Waals surface area contributed by atoms with Gasteiger partial charge in [-0.1, -0.05) is 0 Å². The molecule has 1 atom stereocenters. The summed E-state index contributed by atoms with van der Waals surface area (Å²) in [7, 11) is 1.54. The van der Waals surface area contributed by atoms with Crippen molar-refractivity contribution in [3.63, 3.8) is 0 Å². The highest BCUT2D eigenvalue weighted by molar-refractivity contribution is 8.07. The summed E-state index contributed by atoms with van der Waals surface area (Å²) in [6.07, 6.45) is 0. The predicted octanol–water partition coefficient (Wildman–Crippen LogP) is 1.24. The third kappa shape index (κ3) is 3.07. The minimum atomic E-state index is 0.0960. The maximum atomic E-state index is 11.7. The first-order chi connectivity index (χ1) is 6.29. The molecule has 1 aliphatic heterocycles. The number of hydrogen-bond donors (Lipinski definition) is 0. The minimum Gasteiger partial charge on any atom is -0.274 e. The molecule has 76 valence electrons. The molecule has 1 fully saturated rings. The molecule has 5 heteroatoms. The molecule has 0 spiro atoms. The number of amides is 1. The summed E-state index contributed by atoms with van der Waals surface area (Å²) < 4.78 is 0. The Morgan fingerprint density at radius 2 is 2.38 bits per heavy atom. The largest absolute Gasteiger partial charge is 0.274 e. The number of hydrogen-bond acceptors (Lipinski definition) is 4. The first kappa shape index (κ1) is 11.2. The lowest BCUT2D eigenvalue weighted by Crippen LogP contribution is -2.39. The van der Waals surface area contributed by atoms with Gasteiger partial charge in [-0.05, 0) is 6.92 Å². The molecular formula is C8H15NO2S2. The van der Waals surface area contributed by atoms with Crippen LogP contribution in [0.15, 0.2) is 0 Å². The van der Waals surface area contributed by atoms with Gasteiger partial charge in [-0.15, -0.1) is 11.8 Å². The van der Waals surface area contributed by atoms with Crippen LogP contribution in [0, 0.1) is 0 Å². The standard InChI is InChI=1S/C8H15NO2S2/c1-3-9(11-2)8(10)7-6-12-4-5-13-7/h7H,3-6H2,1-2H3. The Morgan fingerprint density at radius 1 is 1.62 bits per heavy atom. The molecule has 0 aromatic rings. The zero-order valence-electron chi connectivity index (χ0n) is 7.99. The van der Waals surface area contributed by atoms with Gasteiger partial charge in [-0.25, -0.2) is 5.06 Å². The van der Waals surface area contributed by atoms with Gasteiger partial charge in [0.1, 0.15) is 0 Å². The summed E-state index contributed by atoms with van der Waals surface area (Å²) in [5.74, 6) is 3.27. The van der Waals surface area contributed by atoms with Gasteiger partial charge >= 0.3 is 0 Å². The zero-order valence-corrected chi connectivity index (χ0v) is 9.62. The van der Waals surface area contributed by atoms with Crippen molar-refractivity contribution in [2.45, 2.75) is 12.2 Å². The smallest absolute Gasteiger partial charge is 0.260 e. The van der Waals surface area contributed by atoms with Gasteiger partial charge in [0.2, 0.25) is 0 Å².